The molecule has 194 valence electrons. The van der Waals surface area contributed by atoms with Gasteiger partial charge >= 0.3 is 11.9 Å². The van der Waals surface area contributed by atoms with Crippen LogP contribution in [0.4, 0.5) is 13.2 Å². The number of halogens is 4. The van der Waals surface area contributed by atoms with Gasteiger partial charge in [-0.2, -0.15) is 13.2 Å². The van der Waals surface area contributed by atoms with Gasteiger partial charge in [0.25, 0.3) is 5.91 Å². The molecule has 0 aliphatic heterocycles. The predicted molar refractivity (Wildman–Crippen MR) is 127 cm³/mol. The van der Waals surface area contributed by atoms with Crippen LogP contribution in [0.5, 0.6) is 0 Å². The molecule has 0 saturated carbocycles. The van der Waals surface area contributed by atoms with E-state index in [2.05, 4.69) is 15.2 Å². The fourth-order valence-corrected chi connectivity index (χ4v) is 3.82. The van der Waals surface area contributed by atoms with Gasteiger partial charge in [0, 0.05) is 10.6 Å². The summed E-state index contributed by atoms with van der Waals surface area (Å²) in [5, 5.41) is 18.5. The Morgan fingerprint density at radius 1 is 1.14 bits per heavy atom. The molecule has 2 aromatic heterocycles. The van der Waals surface area contributed by atoms with Crippen molar-refractivity contribution in [2.75, 3.05) is 0 Å². The number of nitrogens with zero attached hydrogens (tertiary/aromatic N) is 6. The molecule has 3 N–H and O–H groups in total. The number of primary amides is 1. The molecular formula is C23H21ClF3N7O3. The van der Waals surface area contributed by atoms with Crippen LogP contribution in [0.3, 0.4) is 0 Å². The van der Waals surface area contributed by atoms with Crippen LogP contribution in [-0.4, -0.2) is 52.4 Å². The van der Waals surface area contributed by atoms with Gasteiger partial charge in [0.05, 0.1) is 12.2 Å². The molecule has 0 spiro atoms. The van der Waals surface area contributed by atoms with Crippen molar-refractivity contribution in [2.45, 2.75) is 38.7 Å². The molecule has 1 amide bonds. The number of hydrogen-bond donors (Lipinski definition) is 2. The number of aromatic nitrogens is 6. The maximum Gasteiger partial charge on any atom is 0.416 e. The summed E-state index contributed by atoms with van der Waals surface area (Å²) in [7, 11) is 0. The average Bonchev–Trinajstić information content (AvgIpc) is 3.41. The molecule has 0 unspecified atom stereocenters. The van der Waals surface area contributed by atoms with Gasteiger partial charge in [-0.3, -0.25) is 9.36 Å². The van der Waals surface area contributed by atoms with E-state index >= 15 is 0 Å². The van der Waals surface area contributed by atoms with Crippen molar-refractivity contribution in [3.8, 4) is 17.1 Å². The number of para-hydroxylation sites is 1. The SMILES string of the molecule is CCc1ccccc1-n1nc(Cn2nc(-c3ccc(Cl)cc3)n(C[C@H](O)C(F)(F)F)c2=O)nc1C(N)=O. The zero-order valence-electron chi connectivity index (χ0n) is 19.4. The van der Waals surface area contributed by atoms with E-state index in [9.17, 15) is 27.9 Å². The van der Waals surface area contributed by atoms with Crippen LogP contribution in [0, 0.1) is 0 Å². The highest BCUT2D eigenvalue weighted by molar-refractivity contribution is 6.30. The monoisotopic (exact) mass is 535 g/mol. The summed E-state index contributed by atoms with van der Waals surface area (Å²) in [5.74, 6) is -1.20. The lowest BCUT2D eigenvalue weighted by molar-refractivity contribution is -0.207. The van der Waals surface area contributed by atoms with Crippen LogP contribution < -0.4 is 11.4 Å². The molecule has 4 aromatic rings. The minimum absolute atomic E-state index is 0.0227. The highest BCUT2D eigenvalue weighted by Gasteiger charge is 2.39. The third-order valence-corrected chi connectivity index (χ3v) is 5.77. The highest BCUT2D eigenvalue weighted by Crippen LogP contribution is 2.24. The lowest BCUT2D eigenvalue weighted by atomic mass is 10.1. The number of amides is 1. The van der Waals surface area contributed by atoms with Crippen LogP contribution in [0.25, 0.3) is 17.1 Å². The molecule has 4 rings (SSSR count). The summed E-state index contributed by atoms with van der Waals surface area (Å²) in [4.78, 5) is 29.3. The fourth-order valence-electron chi connectivity index (χ4n) is 3.70. The third-order valence-electron chi connectivity index (χ3n) is 5.52. The number of rotatable bonds is 8. The number of alkyl halides is 3. The largest absolute Gasteiger partial charge is 0.416 e. The van der Waals surface area contributed by atoms with Gasteiger partial charge in [-0.05, 0) is 42.3 Å². The van der Waals surface area contributed by atoms with E-state index < -0.39 is 30.4 Å². The summed E-state index contributed by atoms with van der Waals surface area (Å²) in [5.41, 5.74) is 6.26. The summed E-state index contributed by atoms with van der Waals surface area (Å²) in [6, 6.07) is 13.1. The molecule has 2 heterocycles. The molecule has 2 aromatic carbocycles. The zero-order valence-corrected chi connectivity index (χ0v) is 20.1. The average molecular weight is 536 g/mol. The summed E-state index contributed by atoms with van der Waals surface area (Å²) < 4.78 is 42.0. The van der Waals surface area contributed by atoms with E-state index in [1.807, 2.05) is 19.1 Å². The molecule has 37 heavy (non-hydrogen) atoms. The summed E-state index contributed by atoms with van der Waals surface area (Å²) >= 11 is 5.90. The van der Waals surface area contributed by atoms with E-state index in [0.29, 0.717) is 27.3 Å². The Morgan fingerprint density at radius 2 is 1.81 bits per heavy atom. The van der Waals surface area contributed by atoms with E-state index in [1.165, 1.54) is 28.9 Å². The highest BCUT2D eigenvalue weighted by atomic mass is 35.5. The molecule has 0 aliphatic carbocycles. The summed E-state index contributed by atoms with van der Waals surface area (Å²) in [6.45, 7) is 0.454. The van der Waals surface area contributed by atoms with Crippen LogP contribution >= 0.6 is 11.6 Å². The van der Waals surface area contributed by atoms with Crippen LogP contribution in [-0.2, 0) is 19.5 Å². The van der Waals surface area contributed by atoms with Crippen molar-refractivity contribution in [2.24, 2.45) is 5.73 Å². The third kappa shape index (κ3) is 5.42. The van der Waals surface area contributed by atoms with E-state index in [4.69, 9.17) is 17.3 Å². The fraction of sp³-hybridized carbons (Fsp3) is 0.261. The van der Waals surface area contributed by atoms with Gasteiger partial charge in [-0.1, -0.05) is 36.7 Å². The molecule has 1 atom stereocenters. The van der Waals surface area contributed by atoms with Crippen molar-refractivity contribution < 1.29 is 23.1 Å². The van der Waals surface area contributed by atoms with Crippen LogP contribution in [0.15, 0.2) is 53.3 Å². The maximum absolute atomic E-state index is 13.1. The zero-order chi connectivity index (χ0) is 26.9. The van der Waals surface area contributed by atoms with Gasteiger partial charge in [0.15, 0.2) is 17.8 Å². The van der Waals surface area contributed by atoms with Gasteiger partial charge in [-0.25, -0.2) is 19.1 Å². The molecule has 0 fully saturated rings. The molecule has 0 saturated heterocycles. The number of hydrogen-bond acceptors (Lipinski definition) is 6. The topological polar surface area (TPSA) is 134 Å². The van der Waals surface area contributed by atoms with Crippen molar-refractivity contribution in [1.29, 1.82) is 0 Å². The number of carbonyl (C=O) groups excluding carboxylic acids is 1. The second-order valence-electron chi connectivity index (χ2n) is 8.05. The number of carbonyl (C=O) groups is 1. The Labute approximate surface area is 212 Å². The smallest absolute Gasteiger partial charge is 0.382 e. The first kappa shape index (κ1) is 26.1. The number of nitrogens with two attached hydrogens (primary N) is 1. The second-order valence-corrected chi connectivity index (χ2v) is 8.49. The van der Waals surface area contributed by atoms with Crippen molar-refractivity contribution in [1.82, 2.24) is 29.1 Å². The molecule has 0 aliphatic rings. The van der Waals surface area contributed by atoms with Gasteiger partial charge in [0.2, 0.25) is 5.82 Å². The number of aliphatic hydroxyl groups is 1. The Bertz CT molecular complexity index is 1490. The second kappa shape index (κ2) is 10.2. The predicted octanol–water partition coefficient (Wildman–Crippen LogP) is 2.58. The van der Waals surface area contributed by atoms with Crippen molar-refractivity contribution in [3.05, 3.63) is 81.3 Å². The minimum Gasteiger partial charge on any atom is -0.382 e. The standard InChI is InChI=1S/C23H21ClF3N7O3/c1-2-13-5-3-4-6-16(13)34-21(19(28)36)29-18(30-34)12-33-22(37)32(11-17(35)23(25,26)27)20(31-33)14-7-9-15(24)10-8-14/h3-10,17,35H,2,11-12H2,1H3,(H2,28,36)/t17-/m0/s1. The van der Waals surface area contributed by atoms with Crippen LogP contribution in [0.1, 0.15) is 28.9 Å². The first-order valence-electron chi connectivity index (χ1n) is 11.0. The maximum atomic E-state index is 13.1. The Kier molecular flexibility index (Phi) is 7.18. The Hall–Kier alpha value is -3.97. The van der Waals surface area contributed by atoms with Crippen molar-refractivity contribution in [3.63, 3.8) is 0 Å². The molecule has 0 radical (unpaired) electrons. The van der Waals surface area contributed by atoms with E-state index in [1.54, 1.807) is 12.1 Å². The van der Waals surface area contributed by atoms with E-state index in [0.717, 1.165) is 10.2 Å². The first-order chi connectivity index (χ1) is 17.5. The van der Waals surface area contributed by atoms with E-state index in [-0.39, 0.29) is 24.0 Å². The van der Waals surface area contributed by atoms with Crippen molar-refractivity contribution >= 4 is 17.5 Å². The molecule has 14 heteroatoms. The first-order valence-corrected chi connectivity index (χ1v) is 11.4. The van der Waals surface area contributed by atoms with Gasteiger partial charge in [-0.15, -0.1) is 10.2 Å². The lowest BCUT2D eigenvalue weighted by Crippen LogP contribution is -2.37. The lowest BCUT2D eigenvalue weighted by Gasteiger charge is -2.15. The Balaban J connectivity index is 1.79. The normalized spacial score (nSPS) is 12.6. The minimum atomic E-state index is -4.96. The molecule has 0 bridgehead atoms. The van der Waals surface area contributed by atoms with Gasteiger partial charge in [0.1, 0.15) is 6.54 Å². The van der Waals surface area contributed by atoms with Gasteiger partial charge < -0.3 is 10.8 Å². The molecule has 10 nitrogen and oxygen atoms in total. The number of aliphatic hydroxyl groups excluding tert-OH is 1. The Morgan fingerprint density at radius 3 is 2.43 bits per heavy atom. The number of benzene rings is 2. The molecular weight excluding hydrogens is 515 g/mol. The number of aryl methyl sites for hydroxylation is 1. The quantitative estimate of drug-likeness (QED) is 0.356. The van der Waals surface area contributed by atoms with Crippen LogP contribution in [0.2, 0.25) is 5.02 Å². The summed E-state index contributed by atoms with van der Waals surface area (Å²) in [6.07, 6.45) is -7.14.